The maximum atomic E-state index is 11.3. The van der Waals surface area contributed by atoms with Gasteiger partial charge < -0.3 is 14.9 Å². The molecule has 0 amide bonds. The maximum Gasteiger partial charge on any atom is 0.337 e. The highest BCUT2D eigenvalue weighted by Crippen LogP contribution is 2.28. The van der Waals surface area contributed by atoms with Crippen molar-refractivity contribution < 1.29 is 9.90 Å². The van der Waals surface area contributed by atoms with Gasteiger partial charge in [0.2, 0.25) is 0 Å². The Morgan fingerprint density at radius 2 is 1.95 bits per heavy atom. The average Bonchev–Trinajstić information content (AvgIpc) is 2.47. The lowest BCUT2D eigenvalue weighted by atomic mass is 10.1. The van der Waals surface area contributed by atoms with E-state index >= 15 is 0 Å². The normalized spacial score (nSPS) is 16.6. The van der Waals surface area contributed by atoms with Crippen LogP contribution in [0.3, 0.4) is 0 Å². The predicted octanol–water partition coefficient (Wildman–Crippen LogP) is 1.68. The van der Waals surface area contributed by atoms with Gasteiger partial charge in [-0.25, -0.2) is 4.79 Å². The Morgan fingerprint density at radius 3 is 2.65 bits per heavy atom. The molecule has 0 spiro atoms. The summed E-state index contributed by atoms with van der Waals surface area (Å²) in [4.78, 5) is 20.1. The van der Waals surface area contributed by atoms with Crippen molar-refractivity contribution in [2.24, 2.45) is 0 Å². The van der Waals surface area contributed by atoms with Crippen LogP contribution in [0.4, 0.5) is 5.69 Å². The van der Waals surface area contributed by atoms with E-state index in [1.165, 1.54) is 0 Å². The van der Waals surface area contributed by atoms with Crippen LogP contribution in [-0.2, 0) is 0 Å². The zero-order chi connectivity index (χ0) is 14.1. The molecule has 2 heterocycles. The third-order valence-electron chi connectivity index (χ3n) is 3.82. The number of aromatic carboxylic acids is 1. The topological polar surface area (TPSA) is 56.7 Å². The van der Waals surface area contributed by atoms with Crippen LogP contribution in [0.5, 0.6) is 0 Å². The van der Waals surface area contributed by atoms with Gasteiger partial charge in [-0.05, 0) is 19.2 Å². The predicted molar refractivity (Wildman–Crippen MR) is 78.4 cm³/mol. The number of carboxylic acid groups (broad SMARTS) is 1. The second-order valence-electron chi connectivity index (χ2n) is 5.13. The van der Waals surface area contributed by atoms with Crippen LogP contribution >= 0.6 is 0 Å². The molecule has 0 aliphatic carbocycles. The number of aromatic nitrogens is 1. The number of anilines is 1. The summed E-state index contributed by atoms with van der Waals surface area (Å²) in [6.45, 7) is 3.94. The number of pyridine rings is 1. The zero-order valence-corrected chi connectivity index (χ0v) is 11.4. The number of para-hydroxylation sites is 1. The standard InChI is InChI=1S/C15H17N3O2/c1-17-7-9-18(10-8-17)13-5-6-16-14-11(13)3-2-4-12(14)15(19)20/h2-6H,7-10H2,1H3,(H,19,20). The van der Waals surface area contributed by atoms with Gasteiger partial charge in [0.1, 0.15) is 0 Å². The number of nitrogens with zero attached hydrogens (tertiary/aromatic N) is 3. The molecule has 1 aliphatic rings. The van der Waals surface area contributed by atoms with E-state index in [0.717, 1.165) is 37.3 Å². The Bertz CT molecular complexity index is 649. The molecule has 5 nitrogen and oxygen atoms in total. The number of carboxylic acids is 1. The van der Waals surface area contributed by atoms with Gasteiger partial charge in [-0.3, -0.25) is 4.98 Å². The van der Waals surface area contributed by atoms with Crippen molar-refractivity contribution in [2.45, 2.75) is 0 Å². The van der Waals surface area contributed by atoms with E-state index in [1.54, 1.807) is 18.3 Å². The number of fused-ring (bicyclic) bond motifs is 1. The number of likely N-dealkylation sites (N-methyl/N-ethyl adjacent to an activating group) is 1. The van der Waals surface area contributed by atoms with Gasteiger partial charge in [0.25, 0.3) is 0 Å². The van der Waals surface area contributed by atoms with E-state index in [-0.39, 0.29) is 5.56 Å². The smallest absolute Gasteiger partial charge is 0.337 e. The van der Waals surface area contributed by atoms with Gasteiger partial charge in [0, 0.05) is 43.4 Å². The summed E-state index contributed by atoms with van der Waals surface area (Å²) in [5.74, 6) is -0.932. The number of carbonyl (C=O) groups is 1. The van der Waals surface area contributed by atoms with Crippen molar-refractivity contribution in [3.05, 3.63) is 36.0 Å². The molecule has 0 radical (unpaired) electrons. The average molecular weight is 271 g/mol. The lowest BCUT2D eigenvalue weighted by Gasteiger charge is -2.34. The van der Waals surface area contributed by atoms with E-state index in [0.29, 0.717) is 5.52 Å². The molecule has 1 aromatic heterocycles. The largest absolute Gasteiger partial charge is 0.478 e. The SMILES string of the molecule is CN1CCN(c2ccnc3c(C(=O)O)cccc23)CC1. The quantitative estimate of drug-likeness (QED) is 0.900. The van der Waals surface area contributed by atoms with Gasteiger partial charge in [0.15, 0.2) is 0 Å². The van der Waals surface area contributed by atoms with E-state index < -0.39 is 5.97 Å². The lowest BCUT2D eigenvalue weighted by molar-refractivity contribution is 0.0699. The third kappa shape index (κ3) is 2.20. The second-order valence-corrected chi connectivity index (χ2v) is 5.13. The summed E-state index contributed by atoms with van der Waals surface area (Å²) in [6, 6.07) is 7.31. The molecular formula is C15H17N3O2. The highest BCUT2D eigenvalue weighted by atomic mass is 16.4. The summed E-state index contributed by atoms with van der Waals surface area (Å²) in [6.07, 6.45) is 1.70. The van der Waals surface area contributed by atoms with Crippen molar-refractivity contribution in [3.63, 3.8) is 0 Å². The number of hydrogen-bond acceptors (Lipinski definition) is 4. The van der Waals surface area contributed by atoms with Crippen LogP contribution in [0.15, 0.2) is 30.5 Å². The molecule has 1 saturated heterocycles. The Labute approximate surface area is 117 Å². The molecule has 1 aliphatic heterocycles. The van der Waals surface area contributed by atoms with Gasteiger partial charge in [-0.1, -0.05) is 12.1 Å². The first-order chi connectivity index (χ1) is 9.66. The maximum absolute atomic E-state index is 11.3. The van der Waals surface area contributed by atoms with Crippen LogP contribution in [0.1, 0.15) is 10.4 Å². The Kier molecular flexibility index (Phi) is 3.28. The number of piperazine rings is 1. The fourth-order valence-corrected chi connectivity index (χ4v) is 2.66. The molecule has 1 aromatic carbocycles. The molecule has 2 aromatic rings. The van der Waals surface area contributed by atoms with Gasteiger partial charge in [-0.2, -0.15) is 0 Å². The van der Waals surface area contributed by atoms with E-state index in [2.05, 4.69) is 21.8 Å². The monoisotopic (exact) mass is 271 g/mol. The molecule has 104 valence electrons. The Balaban J connectivity index is 2.08. The third-order valence-corrected chi connectivity index (χ3v) is 3.82. The lowest BCUT2D eigenvalue weighted by Crippen LogP contribution is -2.44. The van der Waals surface area contributed by atoms with E-state index in [9.17, 15) is 9.90 Å². The van der Waals surface area contributed by atoms with Crippen LogP contribution in [0.25, 0.3) is 10.9 Å². The first-order valence-corrected chi connectivity index (χ1v) is 6.71. The molecule has 3 rings (SSSR count). The minimum absolute atomic E-state index is 0.262. The molecule has 1 fully saturated rings. The molecule has 0 atom stereocenters. The Morgan fingerprint density at radius 1 is 1.20 bits per heavy atom. The summed E-state index contributed by atoms with van der Waals surface area (Å²) in [7, 11) is 2.12. The van der Waals surface area contributed by atoms with Crippen molar-refractivity contribution in [1.29, 1.82) is 0 Å². The zero-order valence-electron chi connectivity index (χ0n) is 11.4. The summed E-state index contributed by atoms with van der Waals surface area (Å²) in [5.41, 5.74) is 1.90. The van der Waals surface area contributed by atoms with E-state index in [1.807, 2.05) is 12.1 Å². The fraction of sp³-hybridized carbons (Fsp3) is 0.333. The first kappa shape index (κ1) is 12.9. The van der Waals surface area contributed by atoms with Gasteiger partial charge in [0.05, 0.1) is 11.1 Å². The molecular weight excluding hydrogens is 254 g/mol. The summed E-state index contributed by atoms with van der Waals surface area (Å²) >= 11 is 0. The second kappa shape index (κ2) is 5.09. The fourth-order valence-electron chi connectivity index (χ4n) is 2.66. The van der Waals surface area contributed by atoms with Crippen molar-refractivity contribution in [2.75, 3.05) is 38.1 Å². The minimum atomic E-state index is -0.932. The molecule has 5 heteroatoms. The number of hydrogen-bond donors (Lipinski definition) is 1. The first-order valence-electron chi connectivity index (χ1n) is 6.71. The number of benzene rings is 1. The molecule has 20 heavy (non-hydrogen) atoms. The molecule has 1 N–H and O–H groups in total. The van der Waals surface area contributed by atoms with Crippen molar-refractivity contribution >= 4 is 22.6 Å². The number of rotatable bonds is 2. The highest BCUT2D eigenvalue weighted by Gasteiger charge is 2.18. The Hall–Kier alpha value is -2.14. The molecule has 0 saturated carbocycles. The summed E-state index contributed by atoms with van der Waals surface area (Å²) < 4.78 is 0. The van der Waals surface area contributed by atoms with Crippen LogP contribution in [0.2, 0.25) is 0 Å². The van der Waals surface area contributed by atoms with Gasteiger partial charge in [-0.15, -0.1) is 0 Å². The molecule has 0 unspecified atom stereocenters. The van der Waals surface area contributed by atoms with Crippen molar-refractivity contribution in [3.8, 4) is 0 Å². The highest BCUT2D eigenvalue weighted by molar-refractivity contribution is 6.05. The molecule has 0 bridgehead atoms. The van der Waals surface area contributed by atoms with Crippen LogP contribution in [-0.4, -0.2) is 54.2 Å². The van der Waals surface area contributed by atoms with Crippen LogP contribution in [0, 0.1) is 0 Å². The summed E-state index contributed by atoms with van der Waals surface area (Å²) in [5, 5.41) is 10.2. The van der Waals surface area contributed by atoms with Crippen molar-refractivity contribution in [1.82, 2.24) is 9.88 Å². The van der Waals surface area contributed by atoms with Gasteiger partial charge >= 0.3 is 5.97 Å². The minimum Gasteiger partial charge on any atom is -0.478 e. The van der Waals surface area contributed by atoms with Crippen LogP contribution < -0.4 is 4.90 Å². The van der Waals surface area contributed by atoms with E-state index in [4.69, 9.17) is 0 Å².